The molecule has 0 aromatic carbocycles. The molecule has 0 bridgehead atoms. The van der Waals surface area contributed by atoms with Gasteiger partial charge in [0, 0.05) is 21.0 Å². The van der Waals surface area contributed by atoms with Gasteiger partial charge >= 0.3 is 0 Å². The van der Waals surface area contributed by atoms with Crippen LogP contribution >= 0.6 is 8.88 Å². The van der Waals surface area contributed by atoms with Crippen LogP contribution in [0, 0.1) is 0 Å². The smallest absolute Gasteiger partial charge is 0.0188 e. The molecule has 0 saturated heterocycles. The third kappa shape index (κ3) is 17.9. The Hall–Kier alpha value is 0.350. The lowest BCUT2D eigenvalue weighted by atomic mass is 10.4. The van der Waals surface area contributed by atoms with Gasteiger partial charge in [0.2, 0.25) is 0 Å². The molecular formula is C8H23N2P. The van der Waals surface area contributed by atoms with Crippen molar-refractivity contribution >= 4 is 8.88 Å². The fourth-order valence-electron chi connectivity index (χ4n) is 0.330. The van der Waals surface area contributed by atoms with Crippen LogP contribution in [0.2, 0.25) is 0 Å². The molecule has 11 heavy (non-hydrogen) atoms. The molecule has 0 unspecified atom stereocenters. The van der Waals surface area contributed by atoms with Crippen LogP contribution in [0.3, 0.4) is 0 Å². The summed E-state index contributed by atoms with van der Waals surface area (Å²) in [5, 5.41) is 6.59. The Bertz CT molecular complexity index is 57.1. The van der Waals surface area contributed by atoms with Crippen LogP contribution in [0.5, 0.6) is 0 Å². The second kappa shape index (κ2) is 10.3. The monoisotopic (exact) mass is 178 g/mol. The lowest BCUT2D eigenvalue weighted by Crippen LogP contribution is -2.22. The van der Waals surface area contributed by atoms with E-state index < -0.39 is 0 Å². The van der Waals surface area contributed by atoms with E-state index in [0.717, 1.165) is 0 Å². The van der Waals surface area contributed by atoms with Gasteiger partial charge in [-0.05, 0) is 27.7 Å². The van der Waals surface area contributed by atoms with Crippen molar-refractivity contribution in [2.24, 2.45) is 0 Å². The van der Waals surface area contributed by atoms with Crippen molar-refractivity contribution in [1.82, 2.24) is 10.2 Å². The molecule has 0 heterocycles. The minimum absolute atomic E-state index is 0.592. The molecule has 0 aromatic rings. The van der Waals surface area contributed by atoms with Crippen molar-refractivity contribution < 1.29 is 0 Å². The first-order chi connectivity index (χ1) is 5.13. The molecule has 0 saturated carbocycles. The topological polar surface area (TPSA) is 24.1 Å². The molecule has 0 aliphatic heterocycles. The summed E-state index contributed by atoms with van der Waals surface area (Å²) in [6.07, 6.45) is 0. The highest BCUT2D eigenvalue weighted by Gasteiger charge is 1.91. The Labute approximate surface area is 73.4 Å². The third-order valence-electron chi connectivity index (χ3n) is 0.722. The average molecular weight is 178 g/mol. The normalized spacial score (nSPS) is 9.82. The summed E-state index contributed by atoms with van der Waals surface area (Å²) in [5.74, 6) is 0. The molecule has 70 valence electrons. The van der Waals surface area contributed by atoms with Crippen LogP contribution in [0.25, 0.3) is 0 Å². The maximum atomic E-state index is 3.29. The first-order valence-electron chi connectivity index (χ1n) is 4.39. The van der Waals surface area contributed by atoms with Gasteiger partial charge in [0.15, 0.2) is 0 Å². The summed E-state index contributed by atoms with van der Waals surface area (Å²) in [6.45, 7) is 12.6. The van der Waals surface area contributed by atoms with Crippen LogP contribution in [0.4, 0.5) is 0 Å². The van der Waals surface area contributed by atoms with Crippen LogP contribution < -0.4 is 10.2 Å². The molecule has 0 rings (SSSR count). The van der Waals surface area contributed by atoms with E-state index in [1.54, 1.807) is 0 Å². The summed E-state index contributed by atoms with van der Waals surface area (Å²) < 4.78 is 0. The molecule has 0 aromatic heterocycles. The van der Waals surface area contributed by atoms with Gasteiger partial charge in [0.05, 0.1) is 0 Å². The molecule has 0 radical (unpaired) electrons. The second-order valence-corrected chi connectivity index (χ2v) is 3.55. The molecule has 0 aliphatic rings. The minimum Gasteiger partial charge on any atom is -0.284 e. The summed E-state index contributed by atoms with van der Waals surface area (Å²) in [4.78, 5) is 0. The maximum Gasteiger partial charge on any atom is 0.0188 e. The van der Waals surface area contributed by atoms with Gasteiger partial charge in [0.25, 0.3) is 0 Å². The van der Waals surface area contributed by atoms with Crippen molar-refractivity contribution in [3.05, 3.63) is 0 Å². The van der Waals surface area contributed by atoms with Crippen molar-refractivity contribution in [2.75, 3.05) is 0 Å². The molecule has 0 atom stereocenters. The maximum absolute atomic E-state index is 3.29. The van der Waals surface area contributed by atoms with E-state index in [1.165, 1.54) is 0 Å². The minimum atomic E-state index is 0.592. The highest BCUT2D eigenvalue weighted by molar-refractivity contribution is 7.33. The van der Waals surface area contributed by atoms with Crippen LogP contribution in [-0.4, -0.2) is 12.1 Å². The average Bonchev–Trinajstić information content (AvgIpc) is 1.90. The van der Waals surface area contributed by atoms with E-state index in [0.29, 0.717) is 21.0 Å². The van der Waals surface area contributed by atoms with Gasteiger partial charge in [-0.1, -0.05) is 13.8 Å². The Morgan fingerprint density at radius 1 is 0.818 bits per heavy atom. The quantitative estimate of drug-likeness (QED) is 0.646. The van der Waals surface area contributed by atoms with E-state index in [-0.39, 0.29) is 0 Å². The van der Waals surface area contributed by atoms with Gasteiger partial charge in [-0.25, -0.2) is 0 Å². The molecule has 2 N–H and O–H groups in total. The van der Waals surface area contributed by atoms with Gasteiger partial charge in [-0.3, -0.25) is 10.2 Å². The summed E-state index contributed by atoms with van der Waals surface area (Å²) in [7, 11) is 0.693. The van der Waals surface area contributed by atoms with Crippen LogP contribution in [0.1, 0.15) is 41.5 Å². The Morgan fingerprint density at radius 3 is 1.27 bits per heavy atom. The fourth-order valence-corrected chi connectivity index (χ4v) is 0.991. The van der Waals surface area contributed by atoms with Crippen LogP contribution in [-0.2, 0) is 0 Å². The Balaban J connectivity index is 0. The Morgan fingerprint density at radius 2 is 1.09 bits per heavy atom. The highest BCUT2D eigenvalue weighted by atomic mass is 31.1. The van der Waals surface area contributed by atoms with E-state index in [4.69, 9.17) is 0 Å². The van der Waals surface area contributed by atoms with Gasteiger partial charge in [-0.2, -0.15) is 0 Å². The lowest BCUT2D eigenvalue weighted by molar-refractivity contribution is 0.723. The van der Waals surface area contributed by atoms with Gasteiger partial charge in [0.1, 0.15) is 0 Å². The second-order valence-electron chi connectivity index (χ2n) is 2.72. The number of hydrogen-bond acceptors (Lipinski definition) is 2. The SMILES string of the molecule is CC.CC(C)NPNC(C)C. The summed E-state index contributed by atoms with van der Waals surface area (Å²) in [6, 6.07) is 1.18. The van der Waals surface area contributed by atoms with Gasteiger partial charge in [-0.15, -0.1) is 0 Å². The molecule has 0 spiro atoms. The lowest BCUT2D eigenvalue weighted by Gasteiger charge is -2.10. The van der Waals surface area contributed by atoms with Crippen molar-refractivity contribution in [3.8, 4) is 0 Å². The molecule has 2 nitrogen and oxygen atoms in total. The molecular weight excluding hydrogens is 155 g/mol. The largest absolute Gasteiger partial charge is 0.284 e. The van der Waals surface area contributed by atoms with E-state index in [2.05, 4.69) is 37.9 Å². The molecule has 0 fully saturated rings. The number of rotatable bonds is 4. The van der Waals surface area contributed by atoms with E-state index in [9.17, 15) is 0 Å². The predicted octanol–water partition coefficient (Wildman–Crippen LogP) is 2.52. The van der Waals surface area contributed by atoms with E-state index in [1.807, 2.05) is 13.8 Å². The van der Waals surface area contributed by atoms with Gasteiger partial charge < -0.3 is 0 Å². The predicted molar refractivity (Wildman–Crippen MR) is 56.2 cm³/mol. The summed E-state index contributed by atoms with van der Waals surface area (Å²) in [5.41, 5.74) is 0. The van der Waals surface area contributed by atoms with E-state index >= 15 is 0 Å². The number of hydrogen-bond donors (Lipinski definition) is 2. The van der Waals surface area contributed by atoms with Crippen LogP contribution in [0.15, 0.2) is 0 Å². The number of nitrogens with one attached hydrogen (secondary N) is 2. The first-order valence-corrected chi connectivity index (χ1v) is 5.39. The Kier molecular flexibility index (Phi) is 13.1. The summed E-state index contributed by atoms with van der Waals surface area (Å²) >= 11 is 0. The van der Waals surface area contributed by atoms with Crippen molar-refractivity contribution in [1.29, 1.82) is 0 Å². The van der Waals surface area contributed by atoms with Crippen molar-refractivity contribution in [3.63, 3.8) is 0 Å². The van der Waals surface area contributed by atoms with Crippen molar-refractivity contribution in [2.45, 2.75) is 53.6 Å². The third-order valence-corrected chi connectivity index (χ3v) is 2.17. The molecule has 0 aliphatic carbocycles. The zero-order chi connectivity index (χ0) is 9.28. The zero-order valence-corrected chi connectivity index (χ0v) is 9.65. The fraction of sp³-hybridized carbons (Fsp3) is 1.00. The standard InChI is InChI=1S/C6H17N2P.C2H6/c1-5(2)7-9-8-6(3)4;1-2/h5-9H,1-4H3;1-2H3. The highest BCUT2D eigenvalue weighted by Crippen LogP contribution is 1.99. The molecule has 3 heteroatoms. The molecule has 0 amide bonds. The zero-order valence-electron chi connectivity index (χ0n) is 8.65. The first kappa shape index (κ1) is 13.9.